The van der Waals surface area contributed by atoms with E-state index in [1.54, 1.807) is 0 Å². The van der Waals surface area contributed by atoms with E-state index in [1.807, 2.05) is 11.8 Å². The van der Waals surface area contributed by atoms with Crippen LogP contribution < -0.4 is 0 Å². The van der Waals surface area contributed by atoms with Gasteiger partial charge in [0.15, 0.2) is 0 Å². The standard InChI is InChI=1S/C10H22ClNS/c1-12(9-10-13-2)8-6-4-3-5-7-11/h3-10H2,1-2H3. The van der Waals surface area contributed by atoms with Crippen LogP contribution in [-0.2, 0) is 0 Å². The fourth-order valence-corrected chi connectivity index (χ4v) is 1.87. The highest BCUT2D eigenvalue weighted by atomic mass is 35.5. The Balaban J connectivity index is 3.03. The minimum atomic E-state index is 0.822. The first-order valence-electron chi connectivity index (χ1n) is 5.04. The molecule has 0 spiro atoms. The predicted molar refractivity (Wildman–Crippen MR) is 65.1 cm³/mol. The second-order valence-electron chi connectivity index (χ2n) is 3.40. The van der Waals surface area contributed by atoms with Crippen LogP contribution in [0.25, 0.3) is 0 Å². The lowest BCUT2D eigenvalue weighted by atomic mass is 10.2. The van der Waals surface area contributed by atoms with Gasteiger partial charge in [-0.1, -0.05) is 12.8 Å². The first-order valence-corrected chi connectivity index (χ1v) is 6.97. The van der Waals surface area contributed by atoms with Gasteiger partial charge in [-0.15, -0.1) is 11.6 Å². The van der Waals surface area contributed by atoms with Crippen LogP contribution in [0.5, 0.6) is 0 Å². The van der Waals surface area contributed by atoms with Crippen molar-refractivity contribution >= 4 is 23.4 Å². The molecule has 0 aliphatic carbocycles. The van der Waals surface area contributed by atoms with E-state index < -0.39 is 0 Å². The van der Waals surface area contributed by atoms with Gasteiger partial charge in [0.2, 0.25) is 0 Å². The summed E-state index contributed by atoms with van der Waals surface area (Å²) in [5, 5.41) is 0. The fourth-order valence-electron chi connectivity index (χ4n) is 1.19. The van der Waals surface area contributed by atoms with Crippen molar-refractivity contribution in [1.82, 2.24) is 4.90 Å². The van der Waals surface area contributed by atoms with Crippen molar-refractivity contribution < 1.29 is 0 Å². The summed E-state index contributed by atoms with van der Waals surface area (Å²) in [6.45, 7) is 2.46. The van der Waals surface area contributed by atoms with Crippen molar-refractivity contribution in [2.45, 2.75) is 25.7 Å². The molecule has 0 aromatic heterocycles. The van der Waals surface area contributed by atoms with Gasteiger partial charge in [-0.3, -0.25) is 0 Å². The molecule has 0 saturated heterocycles. The number of rotatable bonds is 9. The van der Waals surface area contributed by atoms with Gasteiger partial charge in [-0.25, -0.2) is 0 Å². The largest absolute Gasteiger partial charge is 0.306 e. The van der Waals surface area contributed by atoms with E-state index in [1.165, 1.54) is 44.5 Å². The van der Waals surface area contributed by atoms with Crippen molar-refractivity contribution in [1.29, 1.82) is 0 Å². The zero-order valence-corrected chi connectivity index (χ0v) is 10.5. The summed E-state index contributed by atoms with van der Waals surface area (Å²) in [4.78, 5) is 2.41. The van der Waals surface area contributed by atoms with Crippen molar-refractivity contribution in [3.8, 4) is 0 Å². The van der Waals surface area contributed by atoms with E-state index in [0.717, 1.165) is 5.88 Å². The molecule has 0 amide bonds. The highest BCUT2D eigenvalue weighted by Gasteiger charge is 1.96. The smallest absolute Gasteiger partial charge is 0.0223 e. The van der Waals surface area contributed by atoms with E-state index in [4.69, 9.17) is 11.6 Å². The van der Waals surface area contributed by atoms with Crippen molar-refractivity contribution in [3.63, 3.8) is 0 Å². The molecule has 80 valence electrons. The van der Waals surface area contributed by atoms with Crippen molar-refractivity contribution in [3.05, 3.63) is 0 Å². The first kappa shape index (κ1) is 13.6. The summed E-state index contributed by atoms with van der Waals surface area (Å²) in [6.07, 6.45) is 7.28. The number of thioether (sulfide) groups is 1. The zero-order valence-electron chi connectivity index (χ0n) is 8.89. The Morgan fingerprint density at radius 1 is 1.08 bits per heavy atom. The molecular formula is C10H22ClNS. The maximum atomic E-state index is 5.60. The number of hydrogen-bond donors (Lipinski definition) is 0. The minimum Gasteiger partial charge on any atom is -0.306 e. The van der Waals surface area contributed by atoms with Crippen LogP contribution in [0.3, 0.4) is 0 Å². The molecule has 0 radical (unpaired) electrons. The number of halogens is 1. The van der Waals surface area contributed by atoms with Gasteiger partial charge >= 0.3 is 0 Å². The maximum absolute atomic E-state index is 5.60. The molecule has 0 saturated carbocycles. The summed E-state index contributed by atoms with van der Waals surface area (Å²) < 4.78 is 0. The molecule has 13 heavy (non-hydrogen) atoms. The number of alkyl halides is 1. The molecule has 0 aromatic rings. The van der Waals surface area contributed by atoms with Gasteiger partial charge in [0.1, 0.15) is 0 Å². The number of unbranched alkanes of at least 4 members (excludes halogenated alkanes) is 3. The van der Waals surface area contributed by atoms with Crippen molar-refractivity contribution in [2.24, 2.45) is 0 Å². The van der Waals surface area contributed by atoms with Gasteiger partial charge in [-0.2, -0.15) is 11.8 Å². The lowest BCUT2D eigenvalue weighted by Gasteiger charge is -2.15. The Morgan fingerprint density at radius 2 is 1.77 bits per heavy atom. The summed E-state index contributed by atoms with van der Waals surface area (Å²) >= 11 is 7.52. The molecule has 0 aliphatic heterocycles. The van der Waals surface area contributed by atoms with Crippen LogP contribution in [0.15, 0.2) is 0 Å². The molecule has 0 fully saturated rings. The van der Waals surface area contributed by atoms with Crippen LogP contribution in [0.2, 0.25) is 0 Å². The molecule has 1 nitrogen and oxygen atoms in total. The van der Waals surface area contributed by atoms with Crippen LogP contribution in [-0.4, -0.2) is 42.9 Å². The van der Waals surface area contributed by atoms with E-state index in [2.05, 4.69) is 18.2 Å². The van der Waals surface area contributed by atoms with Gasteiger partial charge in [-0.05, 0) is 32.7 Å². The maximum Gasteiger partial charge on any atom is 0.0223 e. The third kappa shape index (κ3) is 10.5. The van der Waals surface area contributed by atoms with Gasteiger partial charge in [0.25, 0.3) is 0 Å². The lowest BCUT2D eigenvalue weighted by Crippen LogP contribution is -2.22. The average molecular weight is 224 g/mol. The Labute approximate surface area is 92.2 Å². The Kier molecular flexibility index (Phi) is 11.2. The van der Waals surface area contributed by atoms with Crippen LogP contribution in [0.4, 0.5) is 0 Å². The SMILES string of the molecule is CSCCN(C)CCCCCCCl. The van der Waals surface area contributed by atoms with Crippen LogP contribution in [0.1, 0.15) is 25.7 Å². The molecule has 0 heterocycles. The monoisotopic (exact) mass is 223 g/mol. The molecule has 3 heteroatoms. The highest BCUT2D eigenvalue weighted by molar-refractivity contribution is 7.98. The summed E-state index contributed by atoms with van der Waals surface area (Å²) in [5.41, 5.74) is 0. The second kappa shape index (κ2) is 10.7. The zero-order chi connectivity index (χ0) is 9.94. The number of hydrogen-bond acceptors (Lipinski definition) is 2. The van der Waals surface area contributed by atoms with Crippen LogP contribution in [0, 0.1) is 0 Å². The van der Waals surface area contributed by atoms with Gasteiger partial charge in [0.05, 0.1) is 0 Å². The van der Waals surface area contributed by atoms with Gasteiger partial charge < -0.3 is 4.90 Å². The molecule has 0 aliphatic rings. The third-order valence-electron chi connectivity index (χ3n) is 2.10. The molecule has 0 bridgehead atoms. The topological polar surface area (TPSA) is 3.24 Å². The molecule has 0 N–H and O–H groups in total. The normalized spacial score (nSPS) is 11.1. The Morgan fingerprint density at radius 3 is 2.38 bits per heavy atom. The molecular weight excluding hydrogens is 202 g/mol. The molecule has 0 rings (SSSR count). The van der Waals surface area contributed by atoms with Gasteiger partial charge in [0, 0.05) is 18.2 Å². The Bertz CT molecular complexity index is 101. The average Bonchev–Trinajstić information content (AvgIpc) is 2.14. The summed E-state index contributed by atoms with van der Waals surface area (Å²) in [5.74, 6) is 2.07. The molecule has 0 aromatic carbocycles. The van der Waals surface area contributed by atoms with E-state index in [9.17, 15) is 0 Å². The third-order valence-corrected chi connectivity index (χ3v) is 2.96. The molecule has 0 atom stereocenters. The molecule has 0 unspecified atom stereocenters. The van der Waals surface area contributed by atoms with E-state index in [-0.39, 0.29) is 0 Å². The first-order chi connectivity index (χ1) is 6.31. The van der Waals surface area contributed by atoms with Crippen LogP contribution >= 0.6 is 23.4 Å². The van der Waals surface area contributed by atoms with E-state index >= 15 is 0 Å². The highest BCUT2D eigenvalue weighted by Crippen LogP contribution is 2.02. The lowest BCUT2D eigenvalue weighted by molar-refractivity contribution is 0.344. The second-order valence-corrected chi connectivity index (χ2v) is 4.76. The Hall–Kier alpha value is 0.600. The van der Waals surface area contributed by atoms with E-state index in [0.29, 0.717) is 0 Å². The van der Waals surface area contributed by atoms with Crippen molar-refractivity contribution in [2.75, 3.05) is 38.0 Å². The summed E-state index contributed by atoms with van der Waals surface area (Å²) in [7, 11) is 2.21. The predicted octanol–water partition coefficient (Wildman–Crippen LogP) is 3.08. The summed E-state index contributed by atoms with van der Waals surface area (Å²) in [6, 6.07) is 0. The fraction of sp³-hybridized carbons (Fsp3) is 1.00. The number of nitrogens with zero attached hydrogens (tertiary/aromatic N) is 1. The minimum absolute atomic E-state index is 0.822. The quantitative estimate of drug-likeness (QED) is 0.437.